The number of nitrogens with zero attached hydrogens (tertiary/aromatic N) is 3. The van der Waals surface area contributed by atoms with Crippen LogP contribution in [0.4, 0.5) is 10.5 Å². The Labute approximate surface area is 385 Å². The molecule has 0 atom stereocenters. The molecule has 62 heavy (non-hydrogen) atoms. The van der Waals surface area contributed by atoms with E-state index in [1.165, 1.54) is 24.2 Å². The quantitative estimate of drug-likeness (QED) is 0.0485. The number of fused-ring (bicyclic) bond motifs is 2. The normalized spacial score (nSPS) is 13.3. The smallest absolute Gasteiger partial charge is 0.333 e. The fourth-order valence-corrected chi connectivity index (χ4v) is 9.41. The molecular weight excluding hydrogens is 926 g/mol. The van der Waals surface area contributed by atoms with Crippen molar-refractivity contribution in [3.05, 3.63) is 127 Å². The van der Waals surface area contributed by atoms with Gasteiger partial charge in [-0.2, -0.15) is 0 Å². The van der Waals surface area contributed by atoms with Gasteiger partial charge in [0.1, 0.15) is 23.7 Å². The number of amides is 4. The van der Waals surface area contributed by atoms with Gasteiger partial charge in [-0.15, -0.1) is 11.3 Å². The van der Waals surface area contributed by atoms with E-state index >= 15 is 0 Å². The van der Waals surface area contributed by atoms with Crippen LogP contribution in [0.3, 0.4) is 0 Å². The molecule has 6 aromatic rings. The molecule has 0 unspecified atom stereocenters. The molecule has 320 valence electrons. The number of carbonyl (C=O) groups is 3. The van der Waals surface area contributed by atoms with Crippen LogP contribution in [0.25, 0.3) is 50.9 Å². The van der Waals surface area contributed by atoms with Crippen molar-refractivity contribution >= 4 is 107 Å². The van der Waals surface area contributed by atoms with E-state index in [-0.39, 0.29) is 18.7 Å². The number of benzene rings is 5. The van der Waals surface area contributed by atoms with Crippen molar-refractivity contribution in [3.8, 4) is 22.6 Å². The third-order valence-electron chi connectivity index (χ3n) is 11.1. The lowest BCUT2D eigenvalue weighted by molar-refractivity contribution is -0.135. The first kappa shape index (κ1) is 44.8. The van der Waals surface area contributed by atoms with E-state index in [1.54, 1.807) is 19.9 Å². The fraction of sp³-hybridized carbons (Fsp3) is 0.275. The molecule has 1 aromatic heterocycles. The number of ether oxygens (including phenoxy) is 2. The van der Waals surface area contributed by atoms with Gasteiger partial charge in [-0.05, 0) is 127 Å². The summed E-state index contributed by atoms with van der Waals surface area (Å²) in [6, 6.07) is 33.0. The molecule has 5 aromatic carbocycles. The van der Waals surface area contributed by atoms with Crippen LogP contribution >= 0.6 is 43.2 Å². The predicted molar refractivity (Wildman–Crippen MR) is 263 cm³/mol. The Hall–Kier alpha value is -5.23. The first-order valence-electron chi connectivity index (χ1n) is 21.4. The Morgan fingerprint density at radius 3 is 1.77 bits per heavy atom. The number of urea groups is 1. The highest BCUT2D eigenvalue weighted by molar-refractivity contribution is 9.10. The van der Waals surface area contributed by atoms with Gasteiger partial charge in [-0.1, -0.05) is 101 Å². The number of barbiturate groups is 1. The van der Waals surface area contributed by atoms with Gasteiger partial charge >= 0.3 is 6.03 Å². The Balaban J connectivity index is 1.08. The molecule has 4 amide bonds. The highest BCUT2D eigenvalue weighted by Crippen LogP contribution is 2.46. The minimum Gasteiger partial charge on any atom is -0.493 e. The van der Waals surface area contributed by atoms with Crippen molar-refractivity contribution in [3.63, 3.8) is 0 Å². The third-order valence-corrected chi connectivity index (χ3v) is 13.1. The van der Waals surface area contributed by atoms with E-state index in [4.69, 9.17) is 9.47 Å². The number of anilines is 1. The van der Waals surface area contributed by atoms with Crippen LogP contribution in [-0.4, -0.2) is 67.0 Å². The molecule has 0 saturated carbocycles. The van der Waals surface area contributed by atoms with Crippen molar-refractivity contribution in [1.82, 2.24) is 9.80 Å². The molecule has 0 spiro atoms. The number of halogens is 2. The predicted octanol–water partition coefficient (Wildman–Crippen LogP) is 13.5. The Bertz CT molecular complexity index is 2630. The highest BCUT2D eigenvalue weighted by Gasteiger charge is 2.40. The maximum absolute atomic E-state index is 13.0. The van der Waals surface area contributed by atoms with Gasteiger partial charge in [0.2, 0.25) is 0 Å². The van der Waals surface area contributed by atoms with Crippen molar-refractivity contribution in [2.75, 3.05) is 44.3 Å². The summed E-state index contributed by atoms with van der Waals surface area (Å²) in [4.78, 5) is 44.8. The van der Waals surface area contributed by atoms with Gasteiger partial charge in [-0.3, -0.25) is 19.4 Å². The van der Waals surface area contributed by atoms with Crippen molar-refractivity contribution in [2.45, 2.75) is 53.4 Å². The number of hydrogen-bond donors (Lipinski definition) is 0. The summed E-state index contributed by atoms with van der Waals surface area (Å²) >= 11 is 8.84. The van der Waals surface area contributed by atoms with E-state index in [9.17, 15) is 14.4 Å². The van der Waals surface area contributed by atoms with Gasteiger partial charge in [0, 0.05) is 55.1 Å². The SMILES string of the molecule is CCCCCCOc1ccc2cc(Br)ccc2c1-c1c(OCCN(CC)c2ccc(/C=C/c3ccc(C=C4C(=O)N(CC)C(=O)N(CC)C4=O)s3)cc2)ccc2cc(Br)ccc12. The van der Waals surface area contributed by atoms with E-state index in [0.717, 1.165) is 103 Å². The summed E-state index contributed by atoms with van der Waals surface area (Å²) in [5.41, 5.74) is 4.21. The van der Waals surface area contributed by atoms with Gasteiger partial charge < -0.3 is 14.4 Å². The van der Waals surface area contributed by atoms with E-state index in [2.05, 4.69) is 136 Å². The summed E-state index contributed by atoms with van der Waals surface area (Å²) in [6.07, 6.45) is 10.2. The largest absolute Gasteiger partial charge is 0.493 e. The van der Waals surface area contributed by atoms with Gasteiger partial charge in [0.25, 0.3) is 11.8 Å². The Morgan fingerprint density at radius 1 is 0.629 bits per heavy atom. The van der Waals surface area contributed by atoms with Gasteiger partial charge in [0.05, 0.1) is 13.2 Å². The van der Waals surface area contributed by atoms with Crippen LogP contribution in [0.1, 0.15) is 68.7 Å². The first-order valence-corrected chi connectivity index (χ1v) is 23.8. The average molecular weight is 978 g/mol. The number of hydrogen-bond acceptors (Lipinski definition) is 7. The molecule has 0 aliphatic carbocycles. The van der Waals surface area contributed by atoms with Crippen LogP contribution in [0.2, 0.25) is 0 Å². The van der Waals surface area contributed by atoms with Gasteiger partial charge in [-0.25, -0.2) is 4.79 Å². The minimum absolute atomic E-state index is 0.00355. The zero-order valence-corrected chi connectivity index (χ0v) is 39.6. The minimum atomic E-state index is -0.568. The number of carbonyl (C=O) groups excluding carboxylic acids is 3. The van der Waals surface area contributed by atoms with Crippen molar-refractivity contribution in [1.29, 1.82) is 0 Å². The molecule has 0 bridgehead atoms. The van der Waals surface area contributed by atoms with Crippen LogP contribution in [-0.2, 0) is 9.59 Å². The summed E-state index contributed by atoms with van der Waals surface area (Å²) in [6.45, 7) is 10.9. The second-order valence-corrected chi connectivity index (χ2v) is 18.0. The molecular formula is C51H51Br2N3O5S. The van der Waals surface area contributed by atoms with Crippen molar-refractivity contribution in [2.24, 2.45) is 0 Å². The van der Waals surface area contributed by atoms with Crippen LogP contribution in [0, 0.1) is 0 Å². The molecule has 7 rings (SSSR count). The molecule has 1 aliphatic rings. The standard InChI is InChI=1S/C51H51Br2N3O5S/c1-5-9-10-11-29-60-45-26-15-35-31-37(52)17-24-42(35)47(45)48-43-25-18-38(53)32-36(43)16-27-46(48)61-30-28-54(6-2)39-19-12-34(13-20-39)14-21-40-22-23-41(62-40)33-44-49(57)55(7-3)51(59)56(8-4)50(44)58/h12-27,31-33H,5-11,28-30H2,1-4H3/b21-14+. The maximum atomic E-state index is 13.0. The molecule has 0 N–H and O–H groups in total. The van der Waals surface area contributed by atoms with Crippen LogP contribution < -0.4 is 14.4 Å². The van der Waals surface area contributed by atoms with Gasteiger partial charge in [0.15, 0.2) is 0 Å². The lowest BCUT2D eigenvalue weighted by Crippen LogP contribution is -2.56. The summed E-state index contributed by atoms with van der Waals surface area (Å²) in [7, 11) is 0. The number of thiophene rings is 1. The van der Waals surface area contributed by atoms with Crippen LogP contribution in [0.15, 0.2) is 112 Å². The fourth-order valence-electron chi connectivity index (χ4n) is 7.80. The topological polar surface area (TPSA) is 79.4 Å². The number of unbranched alkanes of at least 4 members (excludes halogenated alkanes) is 3. The number of likely N-dealkylation sites (N-methyl/N-ethyl adjacent to an activating group) is 3. The number of imide groups is 2. The zero-order chi connectivity index (χ0) is 43.8. The molecule has 1 fully saturated rings. The molecule has 0 radical (unpaired) electrons. The zero-order valence-electron chi connectivity index (χ0n) is 35.6. The summed E-state index contributed by atoms with van der Waals surface area (Å²) in [5.74, 6) is 0.559. The van der Waals surface area contributed by atoms with E-state index < -0.39 is 17.8 Å². The second kappa shape index (κ2) is 20.8. The number of rotatable bonds is 18. The summed E-state index contributed by atoms with van der Waals surface area (Å²) < 4.78 is 15.4. The molecule has 8 nitrogen and oxygen atoms in total. The monoisotopic (exact) mass is 975 g/mol. The average Bonchev–Trinajstić information content (AvgIpc) is 3.73. The third kappa shape index (κ3) is 10.0. The summed E-state index contributed by atoms with van der Waals surface area (Å²) in [5, 5.41) is 4.45. The second-order valence-electron chi connectivity index (χ2n) is 15.0. The molecule has 11 heteroatoms. The van der Waals surface area contributed by atoms with E-state index in [0.29, 0.717) is 19.8 Å². The van der Waals surface area contributed by atoms with Crippen LogP contribution in [0.5, 0.6) is 11.5 Å². The Morgan fingerprint density at radius 2 is 1.21 bits per heavy atom. The lowest BCUT2D eigenvalue weighted by Gasteiger charge is -2.32. The first-order chi connectivity index (χ1) is 30.1. The maximum Gasteiger partial charge on any atom is 0.333 e. The Kier molecular flexibility index (Phi) is 15.0. The molecule has 1 saturated heterocycles. The molecule has 1 aliphatic heterocycles. The van der Waals surface area contributed by atoms with E-state index in [1.807, 2.05) is 24.3 Å². The molecule has 2 heterocycles. The highest BCUT2D eigenvalue weighted by atomic mass is 79.9. The lowest BCUT2D eigenvalue weighted by atomic mass is 9.92. The van der Waals surface area contributed by atoms with Crippen molar-refractivity contribution < 1.29 is 23.9 Å².